The van der Waals surface area contributed by atoms with Gasteiger partial charge in [0.15, 0.2) is 11.5 Å². The molecule has 1 fully saturated rings. The lowest BCUT2D eigenvalue weighted by atomic mass is 9.89. The third-order valence-electron chi connectivity index (χ3n) is 5.65. The van der Waals surface area contributed by atoms with E-state index in [1.54, 1.807) is 12.0 Å². The summed E-state index contributed by atoms with van der Waals surface area (Å²) in [5.74, 6) is 0.852. The van der Waals surface area contributed by atoms with Crippen LogP contribution < -0.4 is 14.2 Å². The highest BCUT2D eigenvalue weighted by atomic mass is 16.6. The number of ether oxygens (including phenoxy) is 5. The predicted molar refractivity (Wildman–Crippen MR) is 131 cm³/mol. The van der Waals surface area contributed by atoms with Gasteiger partial charge < -0.3 is 28.6 Å². The first-order valence-corrected chi connectivity index (χ1v) is 11.8. The molecule has 1 amide bonds. The molecule has 0 N–H and O–H groups in total. The van der Waals surface area contributed by atoms with Gasteiger partial charge in [-0.2, -0.15) is 0 Å². The Morgan fingerprint density at radius 3 is 2.31 bits per heavy atom. The molecule has 0 aromatic heterocycles. The Labute approximate surface area is 207 Å². The number of likely N-dealkylation sites (tertiary alicyclic amines) is 1. The molecule has 0 aliphatic carbocycles. The molecule has 0 saturated carbocycles. The number of amides is 1. The Hall–Kier alpha value is -3.42. The standard InChI is InChI=1S/C27H35NO7/c1-27(2,3)35-26(30)28-17-21(22(18-28)25(29)32-5)19-12-13-23(31-4)24(16-19)34-15-9-14-33-20-10-7-6-8-11-20/h6-8,10-13,16,21-22H,9,14-15,17-18H2,1-5H3/t21-,22+/m1/s1. The number of esters is 1. The molecule has 2 aromatic carbocycles. The molecule has 8 nitrogen and oxygen atoms in total. The Bertz CT molecular complexity index is 987. The lowest BCUT2D eigenvalue weighted by molar-refractivity contribution is -0.145. The number of carbonyl (C=O) groups excluding carboxylic acids is 2. The lowest BCUT2D eigenvalue weighted by Gasteiger charge is -2.24. The highest BCUT2D eigenvalue weighted by Crippen LogP contribution is 2.38. The summed E-state index contributed by atoms with van der Waals surface area (Å²) in [6, 6.07) is 15.2. The number of rotatable bonds is 9. The molecule has 1 saturated heterocycles. The molecule has 35 heavy (non-hydrogen) atoms. The first-order valence-electron chi connectivity index (χ1n) is 11.8. The molecule has 1 aliphatic rings. The molecule has 1 heterocycles. The molecule has 3 rings (SSSR count). The van der Waals surface area contributed by atoms with Crippen LogP contribution in [0, 0.1) is 5.92 Å². The first kappa shape index (κ1) is 26.2. The summed E-state index contributed by atoms with van der Waals surface area (Å²) < 4.78 is 27.7. The van der Waals surface area contributed by atoms with E-state index in [0.717, 1.165) is 11.3 Å². The van der Waals surface area contributed by atoms with Crippen molar-refractivity contribution in [3.8, 4) is 17.2 Å². The van der Waals surface area contributed by atoms with E-state index in [4.69, 9.17) is 23.7 Å². The summed E-state index contributed by atoms with van der Waals surface area (Å²) in [5, 5.41) is 0. The number of nitrogens with zero attached hydrogens (tertiary/aromatic N) is 1. The second-order valence-electron chi connectivity index (χ2n) is 9.40. The minimum atomic E-state index is -0.624. The van der Waals surface area contributed by atoms with Gasteiger partial charge in [-0.3, -0.25) is 4.79 Å². The molecule has 0 bridgehead atoms. The van der Waals surface area contributed by atoms with Crippen LogP contribution in [0.25, 0.3) is 0 Å². The normalized spacial score (nSPS) is 17.6. The second-order valence-corrected chi connectivity index (χ2v) is 9.40. The molecule has 2 atom stereocenters. The Morgan fingerprint density at radius 2 is 1.66 bits per heavy atom. The Kier molecular flexibility index (Phi) is 8.84. The van der Waals surface area contributed by atoms with Gasteiger partial charge in [-0.05, 0) is 50.6 Å². The fourth-order valence-electron chi connectivity index (χ4n) is 3.99. The monoisotopic (exact) mass is 485 g/mol. The molecule has 1 aliphatic heterocycles. The van der Waals surface area contributed by atoms with Crippen molar-refractivity contribution in [3.63, 3.8) is 0 Å². The quantitative estimate of drug-likeness (QED) is 0.377. The molecule has 0 radical (unpaired) electrons. The van der Waals surface area contributed by atoms with Crippen LogP contribution in [0.4, 0.5) is 4.79 Å². The van der Waals surface area contributed by atoms with Crippen LogP contribution in [-0.2, 0) is 14.3 Å². The van der Waals surface area contributed by atoms with E-state index < -0.39 is 17.6 Å². The maximum Gasteiger partial charge on any atom is 0.410 e. The van der Waals surface area contributed by atoms with Gasteiger partial charge in [-0.15, -0.1) is 0 Å². The van der Waals surface area contributed by atoms with E-state index >= 15 is 0 Å². The fraction of sp³-hybridized carbons (Fsp3) is 0.481. The average Bonchev–Trinajstić information content (AvgIpc) is 3.29. The number of hydrogen-bond donors (Lipinski definition) is 0. The molecular formula is C27H35NO7. The van der Waals surface area contributed by atoms with Crippen LogP contribution in [0.15, 0.2) is 48.5 Å². The average molecular weight is 486 g/mol. The fourth-order valence-corrected chi connectivity index (χ4v) is 3.99. The van der Waals surface area contributed by atoms with Crippen molar-refractivity contribution < 1.29 is 33.3 Å². The van der Waals surface area contributed by atoms with Gasteiger partial charge >= 0.3 is 12.1 Å². The summed E-state index contributed by atoms with van der Waals surface area (Å²) in [5.41, 5.74) is 0.240. The summed E-state index contributed by atoms with van der Waals surface area (Å²) >= 11 is 0. The zero-order valence-electron chi connectivity index (χ0n) is 21.1. The smallest absolute Gasteiger partial charge is 0.410 e. The van der Waals surface area contributed by atoms with E-state index in [2.05, 4.69) is 0 Å². The van der Waals surface area contributed by atoms with Crippen molar-refractivity contribution in [2.75, 3.05) is 40.5 Å². The molecule has 190 valence electrons. The number of methoxy groups -OCH3 is 2. The van der Waals surface area contributed by atoms with Crippen molar-refractivity contribution in [2.45, 2.75) is 38.7 Å². The van der Waals surface area contributed by atoms with E-state index in [1.807, 2.05) is 69.3 Å². The number of para-hydroxylation sites is 1. The van der Waals surface area contributed by atoms with Gasteiger partial charge in [-0.1, -0.05) is 24.3 Å². The van der Waals surface area contributed by atoms with Gasteiger partial charge in [0.25, 0.3) is 0 Å². The van der Waals surface area contributed by atoms with Crippen LogP contribution in [0.3, 0.4) is 0 Å². The van der Waals surface area contributed by atoms with E-state index in [9.17, 15) is 9.59 Å². The van der Waals surface area contributed by atoms with Crippen LogP contribution >= 0.6 is 0 Å². The maximum absolute atomic E-state index is 12.7. The molecule has 8 heteroatoms. The minimum absolute atomic E-state index is 0.227. The van der Waals surface area contributed by atoms with E-state index in [-0.39, 0.29) is 18.4 Å². The zero-order chi connectivity index (χ0) is 25.4. The lowest BCUT2D eigenvalue weighted by Crippen LogP contribution is -2.36. The SMILES string of the molecule is COC(=O)[C@H]1CN(C(=O)OC(C)(C)C)C[C@@H]1c1ccc(OC)c(OCCCOc2ccccc2)c1. The van der Waals surface area contributed by atoms with Crippen LogP contribution in [0.2, 0.25) is 0 Å². The van der Waals surface area contributed by atoms with E-state index in [1.165, 1.54) is 7.11 Å². The van der Waals surface area contributed by atoms with Crippen molar-refractivity contribution >= 4 is 12.1 Å². The summed E-state index contributed by atoms with van der Waals surface area (Å²) in [4.78, 5) is 26.8. The van der Waals surface area contributed by atoms with Crippen LogP contribution in [0.5, 0.6) is 17.2 Å². The van der Waals surface area contributed by atoms with Crippen LogP contribution in [0.1, 0.15) is 38.7 Å². The van der Waals surface area contributed by atoms with Crippen molar-refractivity contribution in [2.24, 2.45) is 5.92 Å². The van der Waals surface area contributed by atoms with Gasteiger partial charge in [0.05, 0.1) is 33.4 Å². The molecule has 2 aromatic rings. The van der Waals surface area contributed by atoms with Gasteiger partial charge in [0.1, 0.15) is 11.4 Å². The van der Waals surface area contributed by atoms with Crippen molar-refractivity contribution in [1.82, 2.24) is 4.90 Å². The van der Waals surface area contributed by atoms with Crippen LogP contribution in [-0.4, -0.2) is 63.1 Å². The third-order valence-corrected chi connectivity index (χ3v) is 5.65. The van der Waals surface area contributed by atoms with Crippen molar-refractivity contribution in [3.05, 3.63) is 54.1 Å². The maximum atomic E-state index is 12.7. The third kappa shape index (κ3) is 7.28. The Balaban J connectivity index is 1.69. The van der Waals surface area contributed by atoms with E-state index in [0.29, 0.717) is 37.7 Å². The topological polar surface area (TPSA) is 83.5 Å². The highest BCUT2D eigenvalue weighted by Gasteiger charge is 2.42. The first-order chi connectivity index (χ1) is 16.7. The zero-order valence-corrected chi connectivity index (χ0v) is 21.1. The van der Waals surface area contributed by atoms with Gasteiger partial charge in [0, 0.05) is 25.4 Å². The summed E-state index contributed by atoms with van der Waals surface area (Å²) in [6.07, 6.45) is 0.237. The molecular weight excluding hydrogens is 450 g/mol. The van der Waals surface area contributed by atoms with Gasteiger partial charge in [0.2, 0.25) is 0 Å². The second kappa shape index (κ2) is 11.8. The number of carbonyl (C=O) groups is 2. The van der Waals surface area contributed by atoms with Crippen molar-refractivity contribution in [1.29, 1.82) is 0 Å². The Morgan fingerprint density at radius 1 is 0.943 bits per heavy atom. The van der Waals surface area contributed by atoms with Gasteiger partial charge in [-0.25, -0.2) is 4.79 Å². The number of hydrogen-bond acceptors (Lipinski definition) is 7. The number of benzene rings is 2. The largest absolute Gasteiger partial charge is 0.493 e. The summed E-state index contributed by atoms with van der Waals surface area (Å²) in [7, 11) is 2.94. The summed E-state index contributed by atoms with van der Waals surface area (Å²) in [6.45, 7) is 6.96. The highest BCUT2D eigenvalue weighted by molar-refractivity contribution is 5.77. The molecule has 0 unspecified atom stereocenters. The molecule has 0 spiro atoms. The minimum Gasteiger partial charge on any atom is -0.493 e. The predicted octanol–water partition coefficient (Wildman–Crippen LogP) is 4.67.